The van der Waals surface area contributed by atoms with Crippen molar-refractivity contribution < 1.29 is 0 Å². The molecule has 0 fully saturated rings. The predicted octanol–water partition coefficient (Wildman–Crippen LogP) is 4.71. The number of fused-ring (bicyclic) bond motifs is 1. The van der Waals surface area contributed by atoms with Crippen LogP contribution in [0.25, 0.3) is 0 Å². The molecule has 1 aliphatic carbocycles. The molecule has 2 aromatic rings. The lowest BCUT2D eigenvalue weighted by Crippen LogP contribution is -2.09. The van der Waals surface area contributed by atoms with Crippen molar-refractivity contribution in [3.63, 3.8) is 0 Å². The summed E-state index contributed by atoms with van der Waals surface area (Å²) >= 11 is 3.74. The third kappa shape index (κ3) is 3.28. The van der Waals surface area contributed by atoms with Crippen LogP contribution in [0.2, 0.25) is 0 Å². The Bertz CT molecular complexity index is 489. The fourth-order valence-corrected chi connectivity index (χ4v) is 4.77. The molecular formula is C16H21NS2. The summed E-state index contributed by atoms with van der Waals surface area (Å²) in [5, 5.41) is 4.38. The van der Waals surface area contributed by atoms with Crippen molar-refractivity contribution in [2.75, 3.05) is 0 Å². The Morgan fingerprint density at radius 1 is 1.21 bits per heavy atom. The van der Waals surface area contributed by atoms with Gasteiger partial charge in [0.2, 0.25) is 0 Å². The average molecular weight is 291 g/mol. The molecule has 1 atom stereocenters. The number of thiophene rings is 2. The van der Waals surface area contributed by atoms with Gasteiger partial charge in [-0.25, -0.2) is 0 Å². The van der Waals surface area contributed by atoms with Gasteiger partial charge in [-0.15, -0.1) is 11.3 Å². The first-order valence-corrected chi connectivity index (χ1v) is 8.97. The molecule has 0 saturated carbocycles. The number of nitrogens with two attached hydrogens (primary N) is 1. The van der Waals surface area contributed by atoms with E-state index in [-0.39, 0.29) is 6.04 Å². The van der Waals surface area contributed by atoms with Crippen molar-refractivity contribution in [3.05, 3.63) is 43.8 Å². The first kappa shape index (κ1) is 13.3. The van der Waals surface area contributed by atoms with E-state index >= 15 is 0 Å². The van der Waals surface area contributed by atoms with Gasteiger partial charge in [-0.2, -0.15) is 11.3 Å². The molecule has 2 heterocycles. The molecule has 0 saturated heterocycles. The van der Waals surface area contributed by atoms with Crippen LogP contribution in [0.15, 0.2) is 22.9 Å². The highest BCUT2D eigenvalue weighted by molar-refractivity contribution is 7.12. The van der Waals surface area contributed by atoms with E-state index in [1.807, 2.05) is 11.3 Å². The molecule has 0 aromatic carbocycles. The molecule has 0 spiro atoms. The fraction of sp³-hybridized carbons (Fsp3) is 0.500. The first-order chi connectivity index (χ1) is 9.33. The van der Waals surface area contributed by atoms with Gasteiger partial charge in [-0.1, -0.05) is 6.42 Å². The highest BCUT2D eigenvalue weighted by Crippen LogP contribution is 2.33. The lowest BCUT2D eigenvalue weighted by atomic mass is 10.1. The van der Waals surface area contributed by atoms with Gasteiger partial charge in [0.05, 0.1) is 0 Å². The number of aryl methyl sites for hydroxylation is 3. The molecule has 0 bridgehead atoms. The first-order valence-electron chi connectivity index (χ1n) is 7.21. The van der Waals surface area contributed by atoms with Gasteiger partial charge in [-0.05, 0) is 72.5 Å². The Kier molecular flexibility index (Phi) is 4.36. The summed E-state index contributed by atoms with van der Waals surface area (Å²) in [4.78, 5) is 3.01. The van der Waals surface area contributed by atoms with Crippen molar-refractivity contribution in [2.24, 2.45) is 5.73 Å². The molecule has 1 nitrogen and oxygen atoms in total. The molecule has 0 aliphatic heterocycles. The van der Waals surface area contributed by atoms with Crippen molar-refractivity contribution in [2.45, 2.75) is 51.0 Å². The third-order valence-electron chi connectivity index (χ3n) is 3.96. The summed E-state index contributed by atoms with van der Waals surface area (Å²) in [5.74, 6) is 0. The van der Waals surface area contributed by atoms with E-state index in [0.717, 1.165) is 12.8 Å². The predicted molar refractivity (Wildman–Crippen MR) is 85.1 cm³/mol. The zero-order chi connectivity index (χ0) is 13.1. The van der Waals surface area contributed by atoms with Crippen LogP contribution >= 0.6 is 22.7 Å². The van der Waals surface area contributed by atoms with Gasteiger partial charge in [0, 0.05) is 15.8 Å². The number of rotatable bonds is 4. The summed E-state index contributed by atoms with van der Waals surface area (Å²) < 4.78 is 0. The molecule has 1 aliphatic rings. The van der Waals surface area contributed by atoms with E-state index < -0.39 is 0 Å². The normalized spacial score (nSPS) is 16.9. The van der Waals surface area contributed by atoms with E-state index in [9.17, 15) is 0 Å². The topological polar surface area (TPSA) is 26.0 Å². The fourth-order valence-electron chi connectivity index (χ4n) is 2.77. The van der Waals surface area contributed by atoms with Crippen LogP contribution < -0.4 is 5.73 Å². The van der Waals surface area contributed by atoms with E-state index in [0.29, 0.717) is 0 Å². The van der Waals surface area contributed by atoms with Crippen molar-refractivity contribution in [3.8, 4) is 0 Å². The van der Waals surface area contributed by atoms with Gasteiger partial charge in [0.1, 0.15) is 0 Å². The lowest BCUT2D eigenvalue weighted by molar-refractivity contribution is 0.661. The molecule has 2 aromatic heterocycles. The molecule has 3 rings (SSSR count). The smallest absolute Gasteiger partial charge is 0.0393 e. The van der Waals surface area contributed by atoms with Gasteiger partial charge in [0.15, 0.2) is 0 Å². The van der Waals surface area contributed by atoms with E-state index in [1.54, 1.807) is 21.8 Å². The largest absolute Gasteiger partial charge is 0.323 e. The second kappa shape index (κ2) is 6.21. The standard InChI is InChI=1S/C16H21NS2/c17-14(7-6-12-8-9-18-11-12)16-10-13-4-2-1-3-5-15(13)19-16/h8-11,14H,1-7,17H2. The molecule has 1 unspecified atom stereocenters. The van der Waals surface area contributed by atoms with Crippen LogP contribution in [-0.2, 0) is 19.3 Å². The van der Waals surface area contributed by atoms with Crippen LogP contribution in [0.4, 0.5) is 0 Å². The second-order valence-corrected chi connectivity index (χ2v) is 7.38. The van der Waals surface area contributed by atoms with Gasteiger partial charge < -0.3 is 5.73 Å². The Hall–Kier alpha value is -0.640. The van der Waals surface area contributed by atoms with E-state index in [1.165, 1.54) is 42.5 Å². The zero-order valence-electron chi connectivity index (χ0n) is 11.2. The van der Waals surface area contributed by atoms with Gasteiger partial charge in [0.25, 0.3) is 0 Å². The Balaban J connectivity index is 1.64. The van der Waals surface area contributed by atoms with Crippen molar-refractivity contribution in [1.29, 1.82) is 0 Å². The van der Waals surface area contributed by atoms with Crippen LogP contribution in [0.3, 0.4) is 0 Å². The van der Waals surface area contributed by atoms with Gasteiger partial charge >= 0.3 is 0 Å². The molecule has 2 N–H and O–H groups in total. The molecule has 3 heteroatoms. The second-order valence-electron chi connectivity index (χ2n) is 5.43. The Morgan fingerprint density at radius 2 is 2.11 bits per heavy atom. The summed E-state index contributed by atoms with van der Waals surface area (Å²) in [6.07, 6.45) is 8.81. The zero-order valence-corrected chi connectivity index (χ0v) is 12.9. The lowest BCUT2D eigenvalue weighted by Gasteiger charge is -2.08. The average Bonchev–Trinajstić information content (AvgIpc) is 3.02. The maximum atomic E-state index is 6.38. The van der Waals surface area contributed by atoms with Crippen molar-refractivity contribution in [1.82, 2.24) is 0 Å². The Morgan fingerprint density at radius 3 is 2.95 bits per heavy atom. The molecule has 0 radical (unpaired) electrons. The van der Waals surface area contributed by atoms with Gasteiger partial charge in [-0.3, -0.25) is 0 Å². The maximum absolute atomic E-state index is 6.38. The summed E-state index contributed by atoms with van der Waals surface area (Å²) in [6.45, 7) is 0. The highest BCUT2D eigenvalue weighted by Gasteiger charge is 2.16. The third-order valence-corrected chi connectivity index (χ3v) is 6.06. The Labute approximate surface area is 123 Å². The molecule has 0 amide bonds. The monoisotopic (exact) mass is 291 g/mol. The van der Waals surface area contributed by atoms with Crippen molar-refractivity contribution >= 4 is 22.7 Å². The SMILES string of the molecule is NC(CCc1ccsc1)c1cc2c(s1)CCCCC2. The van der Waals surface area contributed by atoms with E-state index in [2.05, 4.69) is 22.9 Å². The minimum absolute atomic E-state index is 0.219. The van der Waals surface area contributed by atoms with Crippen LogP contribution in [0.5, 0.6) is 0 Å². The van der Waals surface area contributed by atoms with Crippen LogP contribution in [0.1, 0.15) is 52.6 Å². The van der Waals surface area contributed by atoms with Crippen LogP contribution in [0, 0.1) is 0 Å². The quantitative estimate of drug-likeness (QED) is 0.811. The highest BCUT2D eigenvalue weighted by atomic mass is 32.1. The minimum atomic E-state index is 0.219. The van der Waals surface area contributed by atoms with Crippen LogP contribution in [-0.4, -0.2) is 0 Å². The summed E-state index contributed by atoms with van der Waals surface area (Å²) in [5.41, 5.74) is 9.39. The summed E-state index contributed by atoms with van der Waals surface area (Å²) in [7, 11) is 0. The maximum Gasteiger partial charge on any atom is 0.0393 e. The van der Waals surface area contributed by atoms with E-state index in [4.69, 9.17) is 5.73 Å². The molecule has 102 valence electrons. The minimum Gasteiger partial charge on any atom is -0.323 e. The summed E-state index contributed by atoms with van der Waals surface area (Å²) in [6, 6.07) is 4.82. The number of hydrogen-bond donors (Lipinski definition) is 1. The molecular weight excluding hydrogens is 270 g/mol. The molecule has 19 heavy (non-hydrogen) atoms. The number of hydrogen-bond acceptors (Lipinski definition) is 3.